The minimum absolute atomic E-state index is 0.174. The zero-order valence-corrected chi connectivity index (χ0v) is 11.8. The van der Waals surface area contributed by atoms with Gasteiger partial charge in [-0.3, -0.25) is 9.69 Å². The van der Waals surface area contributed by atoms with Crippen LogP contribution >= 0.6 is 0 Å². The van der Waals surface area contributed by atoms with Gasteiger partial charge in [0.15, 0.2) is 0 Å². The first-order chi connectivity index (χ1) is 8.62. The molecule has 4 heteroatoms. The molecule has 2 saturated heterocycles. The maximum absolute atomic E-state index is 12.2. The Hall–Kier alpha value is -0.610. The lowest BCUT2D eigenvalue weighted by molar-refractivity contribution is -0.128. The Bertz CT molecular complexity index is 281. The average Bonchev–Trinajstić information content (AvgIpc) is 2.90. The Labute approximate surface area is 110 Å². The highest BCUT2D eigenvalue weighted by molar-refractivity contribution is 5.86. The summed E-state index contributed by atoms with van der Waals surface area (Å²) in [4.78, 5) is 14.7. The highest BCUT2D eigenvalue weighted by atomic mass is 16.2. The number of rotatable bonds is 4. The number of nitrogens with one attached hydrogen (secondary N) is 2. The van der Waals surface area contributed by atoms with Crippen molar-refractivity contribution in [1.29, 1.82) is 0 Å². The molecule has 2 N–H and O–H groups in total. The summed E-state index contributed by atoms with van der Waals surface area (Å²) in [7, 11) is 0. The van der Waals surface area contributed by atoms with E-state index in [9.17, 15) is 4.79 Å². The van der Waals surface area contributed by atoms with Crippen LogP contribution in [0.4, 0.5) is 0 Å². The molecule has 2 atom stereocenters. The maximum Gasteiger partial charge on any atom is 0.240 e. The summed E-state index contributed by atoms with van der Waals surface area (Å²) in [5, 5.41) is 6.49. The van der Waals surface area contributed by atoms with Crippen LogP contribution in [0.25, 0.3) is 0 Å². The molecule has 0 radical (unpaired) electrons. The summed E-state index contributed by atoms with van der Waals surface area (Å²) in [6, 6.07) is 0.462. The Kier molecular flexibility index (Phi) is 4.62. The minimum atomic E-state index is -0.344. The first kappa shape index (κ1) is 13.8. The largest absolute Gasteiger partial charge is 0.353 e. The van der Waals surface area contributed by atoms with E-state index in [1.165, 1.54) is 32.4 Å². The summed E-state index contributed by atoms with van der Waals surface area (Å²) in [5.41, 5.74) is -0.344. The topological polar surface area (TPSA) is 44.4 Å². The lowest BCUT2D eigenvalue weighted by Crippen LogP contribution is -2.58. The molecule has 0 spiro atoms. The molecule has 0 bridgehead atoms. The van der Waals surface area contributed by atoms with Crippen molar-refractivity contribution in [2.75, 3.05) is 26.2 Å². The fraction of sp³-hybridized carbons (Fsp3) is 0.929. The second kappa shape index (κ2) is 6.02. The third-order valence-corrected chi connectivity index (χ3v) is 4.44. The number of hydrogen-bond donors (Lipinski definition) is 2. The van der Waals surface area contributed by atoms with Crippen molar-refractivity contribution < 1.29 is 4.79 Å². The van der Waals surface area contributed by atoms with Gasteiger partial charge in [0.05, 0.1) is 5.54 Å². The van der Waals surface area contributed by atoms with Crippen LogP contribution in [0.1, 0.15) is 46.0 Å². The van der Waals surface area contributed by atoms with E-state index in [2.05, 4.69) is 22.5 Å². The third-order valence-electron chi connectivity index (χ3n) is 4.44. The van der Waals surface area contributed by atoms with E-state index in [-0.39, 0.29) is 11.4 Å². The molecule has 0 aromatic rings. The van der Waals surface area contributed by atoms with E-state index < -0.39 is 0 Å². The molecule has 0 aromatic carbocycles. The molecule has 2 unspecified atom stereocenters. The van der Waals surface area contributed by atoms with Crippen LogP contribution in [-0.2, 0) is 4.79 Å². The molecule has 2 rings (SSSR count). The standard InChI is InChI=1S/C14H27N3O/c1-12(17-9-5-6-10-17)11-15-13(18)14(2)7-3-4-8-16-14/h12,16H,3-11H2,1-2H3,(H,15,18). The molecule has 0 aromatic heterocycles. The SMILES string of the molecule is CC(CNC(=O)C1(C)CCCCN1)N1CCCC1. The van der Waals surface area contributed by atoms with Gasteiger partial charge in [0.2, 0.25) is 5.91 Å². The summed E-state index contributed by atoms with van der Waals surface area (Å²) in [6.07, 6.45) is 5.90. The highest BCUT2D eigenvalue weighted by Crippen LogP contribution is 2.19. The number of nitrogens with zero attached hydrogens (tertiary/aromatic N) is 1. The Morgan fingerprint density at radius 2 is 2.06 bits per heavy atom. The van der Waals surface area contributed by atoms with Gasteiger partial charge in [-0.15, -0.1) is 0 Å². The first-order valence-electron chi connectivity index (χ1n) is 7.39. The van der Waals surface area contributed by atoms with Crippen molar-refractivity contribution in [3.05, 3.63) is 0 Å². The van der Waals surface area contributed by atoms with Gasteiger partial charge < -0.3 is 10.6 Å². The lowest BCUT2D eigenvalue weighted by Gasteiger charge is -2.34. The normalized spacial score (nSPS) is 31.2. The second-order valence-corrected chi connectivity index (χ2v) is 6.02. The zero-order chi connectivity index (χ0) is 13.0. The monoisotopic (exact) mass is 253 g/mol. The van der Waals surface area contributed by atoms with Crippen LogP contribution in [0.3, 0.4) is 0 Å². The van der Waals surface area contributed by atoms with E-state index in [4.69, 9.17) is 0 Å². The molecule has 1 amide bonds. The summed E-state index contributed by atoms with van der Waals surface area (Å²) in [5.74, 6) is 0.174. The predicted octanol–water partition coefficient (Wildman–Crippen LogP) is 1.12. The molecule has 2 aliphatic heterocycles. The summed E-state index contributed by atoms with van der Waals surface area (Å²) >= 11 is 0. The summed E-state index contributed by atoms with van der Waals surface area (Å²) in [6.45, 7) is 8.35. The van der Waals surface area contributed by atoms with Crippen molar-refractivity contribution in [3.8, 4) is 0 Å². The van der Waals surface area contributed by atoms with Crippen LogP contribution in [0.15, 0.2) is 0 Å². The van der Waals surface area contributed by atoms with Gasteiger partial charge in [0.1, 0.15) is 0 Å². The fourth-order valence-corrected chi connectivity index (χ4v) is 3.00. The Morgan fingerprint density at radius 1 is 1.33 bits per heavy atom. The van der Waals surface area contributed by atoms with Crippen LogP contribution in [0.5, 0.6) is 0 Å². The Morgan fingerprint density at radius 3 is 2.67 bits per heavy atom. The van der Waals surface area contributed by atoms with E-state index in [1.54, 1.807) is 0 Å². The third kappa shape index (κ3) is 3.23. The quantitative estimate of drug-likeness (QED) is 0.789. The number of carbonyl (C=O) groups is 1. The lowest BCUT2D eigenvalue weighted by atomic mass is 9.90. The van der Waals surface area contributed by atoms with Gasteiger partial charge in [-0.25, -0.2) is 0 Å². The number of piperidine rings is 1. The molecule has 2 heterocycles. The van der Waals surface area contributed by atoms with E-state index in [1.807, 2.05) is 6.92 Å². The second-order valence-electron chi connectivity index (χ2n) is 6.02. The predicted molar refractivity (Wildman–Crippen MR) is 73.5 cm³/mol. The van der Waals surface area contributed by atoms with Gasteiger partial charge in [0, 0.05) is 12.6 Å². The van der Waals surface area contributed by atoms with Crippen LogP contribution in [0, 0.1) is 0 Å². The van der Waals surface area contributed by atoms with E-state index in [0.717, 1.165) is 25.9 Å². The number of carbonyl (C=O) groups excluding carboxylic acids is 1. The fourth-order valence-electron chi connectivity index (χ4n) is 3.00. The van der Waals surface area contributed by atoms with Crippen molar-refractivity contribution in [2.45, 2.75) is 57.5 Å². The van der Waals surface area contributed by atoms with Gasteiger partial charge >= 0.3 is 0 Å². The molecular weight excluding hydrogens is 226 g/mol. The van der Waals surface area contributed by atoms with E-state index >= 15 is 0 Å². The zero-order valence-electron chi connectivity index (χ0n) is 11.8. The van der Waals surface area contributed by atoms with Gasteiger partial charge in [-0.1, -0.05) is 0 Å². The summed E-state index contributed by atoms with van der Waals surface area (Å²) < 4.78 is 0. The number of amides is 1. The minimum Gasteiger partial charge on any atom is -0.353 e. The average molecular weight is 253 g/mol. The van der Waals surface area contributed by atoms with Gasteiger partial charge in [-0.2, -0.15) is 0 Å². The van der Waals surface area contributed by atoms with Crippen molar-refractivity contribution >= 4 is 5.91 Å². The maximum atomic E-state index is 12.2. The Balaban J connectivity index is 1.76. The molecule has 0 aliphatic carbocycles. The molecule has 18 heavy (non-hydrogen) atoms. The molecule has 104 valence electrons. The highest BCUT2D eigenvalue weighted by Gasteiger charge is 2.34. The van der Waals surface area contributed by atoms with Crippen LogP contribution < -0.4 is 10.6 Å². The van der Waals surface area contributed by atoms with Gasteiger partial charge in [-0.05, 0) is 65.6 Å². The first-order valence-corrected chi connectivity index (χ1v) is 7.39. The molecular formula is C14H27N3O. The molecule has 2 fully saturated rings. The van der Waals surface area contributed by atoms with Crippen molar-refractivity contribution in [3.63, 3.8) is 0 Å². The number of hydrogen-bond acceptors (Lipinski definition) is 3. The van der Waals surface area contributed by atoms with Gasteiger partial charge in [0.25, 0.3) is 0 Å². The molecule has 2 aliphatic rings. The van der Waals surface area contributed by atoms with E-state index in [0.29, 0.717) is 6.04 Å². The number of likely N-dealkylation sites (tertiary alicyclic amines) is 1. The van der Waals surface area contributed by atoms with Crippen LogP contribution in [-0.4, -0.2) is 48.6 Å². The van der Waals surface area contributed by atoms with Crippen molar-refractivity contribution in [1.82, 2.24) is 15.5 Å². The molecule has 4 nitrogen and oxygen atoms in total. The van der Waals surface area contributed by atoms with Crippen LogP contribution in [0.2, 0.25) is 0 Å². The smallest absolute Gasteiger partial charge is 0.240 e. The molecule has 0 saturated carbocycles. The van der Waals surface area contributed by atoms with Crippen molar-refractivity contribution in [2.24, 2.45) is 0 Å².